The van der Waals surface area contributed by atoms with Gasteiger partial charge in [0.1, 0.15) is 23.1 Å². The van der Waals surface area contributed by atoms with Crippen LogP contribution in [-0.4, -0.2) is 101 Å². The number of anilines is 4. The van der Waals surface area contributed by atoms with Gasteiger partial charge in [-0.15, -0.1) is 5.10 Å². The number of carbonyl (C=O) groups is 2. The number of aromatic nitrogens is 6. The average Bonchev–Trinajstić information content (AvgIpc) is 3.82. The second-order valence-corrected chi connectivity index (χ2v) is 19.2. The number of halogens is 2. The van der Waals surface area contributed by atoms with Crippen LogP contribution in [0.25, 0.3) is 22.3 Å². The highest BCUT2D eigenvalue weighted by Gasteiger charge is 2.38. The number of ether oxygens (including phenoxy) is 2. The first-order valence-electron chi connectivity index (χ1n) is 22.2. The molecule has 4 aromatic heterocycles. The van der Waals surface area contributed by atoms with Crippen molar-refractivity contribution in [1.29, 1.82) is 0 Å². The lowest BCUT2D eigenvalue weighted by Crippen LogP contribution is -2.53. The van der Waals surface area contributed by atoms with Gasteiger partial charge in [0, 0.05) is 79.6 Å². The van der Waals surface area contributed by atoms with Crippen molar-refractivity contribution in [3.05, 3.63) is 59.1 Å². The summed E-state index contributed by atoms with van der Waals surface area (Å²) in [4.78, 5) is 34.7. The summed E-state index contributed by atoms with van der Waals surface area (Å²) in [6, 6.07) is 7.54. The summed E-state index contributed by atoms with van der Waals surface area (Å²) in [5, 5.41) is 34.3. The van der Waals surface area contributed by atoms with E-state index in [1.807, 2.05) is 29.1 Å². The van der Waals surface area contributed by atoms with Gasteiger partial charge in [0.2, 0.25) is 24.6 Å². The molecule has 5 unspecified atom stereocenters. The van der Waals surface area contributed by atoms with E-state index in [0.717, 1.165) is 87.9 Å². The number of hydrogen-bond acceptors (Lipinski definition) is 13. The average molecular weight is 903 g/mol. The normalized spacial score (nSPS) is 24.7. The highest BCUT2D eigenvalue weighted by molar-refractivity contribution is 6.33. The van der Waals surface area contributed by atoms with Gasteiger partial charge < -0.3 is 41.4 Å². The molecule has 8 heterocycles. The highest BCUT2D eigenvalue weighted by atomic mass is 35.5. The molecule has 0 bridgehead atoms. The number of nitrogens with one attached hydrogen (secondary N) is 6. The molecular weight excluding hydrogens is 843 g/mol. The van der Waals surface area contributed by atoms with E-state index in [0.29, 0.717) is 77.6 Å². The van der Waals surface area contributed by atoms with Crippen LogP contribution in [0.15, 0.2) is 49.1 Å². The second-order valence-electron chi connectivity index (χ2n) is 18.3. The molecule has 63 heavy (non-hydrogen) atoms. The molecular formula is C45H59Cl2N12O4+. The lowest BCUT2D eigenvalue weighted by atomic mass is 9.87. The number of pyridine rings is 2. The first kappa shape index (κ1) is 45.0. The van der Waals surface area contributed by atoms with E-state index in [-0.39, 0.29) is 35.2 Å². The number of hydrogen-bond donors (Lipinski definition) is 6. The van der Waals surface area contributed by atoms with Gasteiger partial charge in [0.15, 0.2) is 5.82 Å². The SMILES string of the molecule is CC1(C)CC(CNc2cc(-c3cc(NC(=O)C4CCNC4)ncc3Cl)c[n+](CC3(C)CC(CNc4cc(-c5cc(NC(=O)C6CCCNC6)ncc5Cl)cnn4)CCO3)n2)CCO1. The minimum absolute atomic E-state index is 0.0540. The molecule has 16 nitrogen and oxygen atoms in total. The van der Waals surface area contributed by atoms with Crippen molar-refractivity contribution in [1.82, 2.24) is 35.9 Å². The lowest BCUT2D eigenvalue weighted by molar-refractivity contribution is -0.764. The summed E-state index contributed by atoms with van der Waals surface area (Å²) in [6.07, 6.45) is 12.9. The fraction of sp³-hybridized carbons (Fsp3) is 0.556. The Kier molecular flexibility index (Phi) is 14.3. The van der Waals surface area contributed by atoms with Gasteiger partial charge in [-0.25, -0.2) is 9.97 Å². The van der Waals surface area contributed by atoms with E-state index >= 15 is 0 Å². The fourth-order valence-corrected chi connectivity index (χ4v) is 9.65. The second kappa shape index (κ2) is 20.1. The van der Waals surface area contributed by atoms with Gasteiger partial charge in [0.05, 0.1) is 39.2 Å². The van der Waals surface area contributed by atoms with E-state index in [9.17, 15) is 9.59 Å². The maximum Gasteiger partial charge on any atom is 0.229 e. The number of nitrogens with zero attached hydrogens (tertiary/aromatic N) is 6. The van der Waals surface area contributed by atoms with Gasteiger partial charge in [-0.3, -0.25) is 9.59 Å². The molecule has 0 radical (unpaired) electrons. The van der Waals surface area contributed by atoms with Crippen molar-refractivity contribution in [2.75, 3.05) is 73.7 Å². The molecule has 0 spiro atoms. The summed E-state index contributed by atoms with van der Waals surface area (Å²) in [7, 11) is 0. The molecule has 2 amide bonds. The van der Waals surface area contributed by atoms with Gasteiger partial charge in [0.25, 0.3) is 0 Å². The van der Waals surface area contributed by atoms with Gasteiger partial charge in [-0.05, 0) is 109 Å². The van der Waals surface area contributed by atoms with Crippen LogP contribution in [0.5, 0.6) is 0 Å². The van der Waals surface area contributed by atoms with Crippen LogP contribution in [0.3, 0.4) is 0 Å². The molecule has 5 atom stereocenters. The maximum atomic E-state index is 13.0. The van der Waals surface area contributed by atoms with Crippen molar-refractivity contribution >= 4 is 58.3 Å². The van der Waals surface area contributed by atoms with Crippen molar-refractivity contribution in [3.63, 3.8) is 0 Å². The third kappa shape index (κ3) is 12.0. The van der Waals surface area contributed by atoms with Crippen molar-refractivity contribution in [3.8, 4) is 22.3 Å². The van der Waals surface area contributed by atoms with Gasteiger partial charge in [-0.2, -0.15) is 5.10 Å². The van der Waals surface area contributed by atoms with Crippen molar-refractivity contribution < 1.29 is 23.7 Å². The summed E-state index contributed by atoms with van der Waals surface area (Å²) in [5.74, 6) is 2.61. The molecule has 0 aromatic carbocycles. The van der Waals surface area contributed by atoms with Crippen LogP contribution in [0.2, 0.25) is 10.0 Å². The predicted molar refractivity (Wildman–Crippen MR) is 244 cm³/mol. The van der Waals surface area contributed by atoms with Crippen molar-refractivity contribution in [2.24, 2.45) is 23.7 Å². The number of amides is 2. The van der Waals surface area contributed by atoms with E-state index in [2.05, 4.69) is 72.8 Å². The molecule has 18 heteroatoms. The van der Waals surface area contributed by atoms with E-state index in [1.54, 1.807) is 24.7 Å². The fourth-order valence-electron chi connectivity index (χ4n) is 9.22. The molecule has 4 aromatic rings. The molecule has 4 aliphatic rings. The Balaban J connectivity index is 0.959. The Labute approximate surface area is 378 Å². The van der Waals surface area contributed by atoms with Crippen LogP contribution in [0, 0.1) is 23.7 Å². The number of carbonyl (C=O) groups excluding carboxylic acids is 2. The minimum Gasteiger partial charge on any atom is -0.376 e. The summed E-state index contributed by atoms with van der Waals surface area (Å²) >= 11 is 13.5. The Morgan fingerprint density at radius 3 is 2.02 bits per heavy atom. The maximum absolute atomic E-state index is 13.0. The molecule has 336 valence electrons. The van der Waals surface area contributed by atoms with Gasteiger partial charge >= 0.3 is 0 Å². The zero-order chi connectivity index (χ0) is 44.0. The third-order valence-electron chi connectivity index (χ3n) is 12.5. The first-order valence-corrected chi connectivity index (χ1v) is 23.0. The molecule has 4 fully saturated rings. The topological polar surface area (TPSA) is 193 Å². The van der Waals surface area contributed by atoms with Crippen molar-refractivity contribution in [2.45, 2.75) is 83.5 Å². The van der Waals surface area contributed by atoms with Crippen LogP contribution in [0.1, 0.15) is 65.7 Å². The molecule has 4 aliphatic heterocycles. The standard InChI is InChI=1S/C45H58Cl2N12O4/c1-44(2)17-28(7-11-62-44)19-51-41-14-33(35-16-39(53-25-37(35)47)56-43(61)31-6-10-49-22-31)26-59(58-41)27-45(3)18-29(8-12-63-45)20-50-40-13-32(23-54-57-40)34-15-38(52-24-36(34)46)55-42(60)30-5-4-9-48-21-30/h13-16,23-26,28-31,48-49H,4-12,17-22,27H2,1-3H3,(H3-,50,51,52,53,55,56,57,58,60,61)/p+1. The predicted octanol–water partition coefficient (Wildman–Crippen LogP) is 5.99. The lowest BCUT2D eigenvalue weighted by Gasteiger charge is -2.36. The zero-order valence-electron chi connectivity index (χ0n) is 36.3. The Morgan fingerprint density at radius 1 is 0.746 bits per heavy atom. The monoisotopic (exact) mass is 901 g/mol. The van der Waals surface area contributed by atoms with Crippen LogP contribution in [0.4, 0.5) is 23.3 Å². The molecule has 8 rings (SSSR count). The van der Waals surface area contributed by atoms with E-state index in [4.69, 9.17) is 37.8 Å². The number of rotatable bonds is 14. The smallest absolute Gasteiger partial charge is 0.229 e. The molecule has 6 N–H and O–H groups in total. The zero-order valence-corrected chi connectivity index (χ0v) is 37.8. The van der Waals surface area contributed by atoms with E-state index in [1.165, 1.54) is 0 Å². The summed E-state index contributed by atoms with van der Waals surface area (Å²) in [6.45, 7) is 12.7. The largest absolute Gasteiger partial charge is 0.376 e. The Morgan fingerprint density at radius 2 is 1.37 bits per heavy atom. The summed E-state index contributed by atoms with van der Waals surface area (Å²) < 4.78 is 14.5. The third-order valence-corrected chi connectivity index (χ3v) is 13.1. The minimum atomic E-state index is -0.536. The Bertz CT molecular complexity index is 2260. The quantitative estimate of drug-likeness (QED) is 0.0810. The highest BCUT2D eigenvalue weighted by Crippen LogP contribution is 2.34. The summed E-state index contributed by atoms with van der Waals surface area (Å²) in [5.41, 5.74) is 2.33. The van der Waals surface area contributed by atoms with Crippen LogP contribution < -0.4 is 36.6 Å². The number of piperidine rings is 1. The van der Waals surface area contributed by atoms with Crippen LogP contribution >= 0.6 is 23.2 Å². The molecule has 0 saturated carbocycles. The van der Waals surface area contributed by atoms with E-state index < -0.39 is 5.60 Å². The Hall–Kier alpha value is -4.58. The molecule has 4 saturated heterocycles. The molecule has 0 aliphatic carbocycles. The van der Waals surface area contributed by atoms with Crippen LogP contribution in [-0.2, 0) is 25.6 Å². The first-order chi connectivity index (χ1) is 30.4. The van der Waals surface area contributed by atoms with Gasteiger partial charge in [-0.1, -0.05) is 27.9 Å².